The quantitative estimate of drug-likeness (QED) is 0.198. The third-order valence-electron chi connectivity index (χ3n) is 5.69. The number of nitrogens with zero attached hydrogens (tertiary/aromatic N) is 2. The molecule has 2 aromatic carbocycles. The van der Waals surface area contributed by atoms with E-state index in [2.05, 4.69) is 0 Å². The highest BCUT2D eigenvalue weighted by atomic mass is 19.1. The Labute approximate surface area is 196 Å². The Morgan fingerprint density at radius 1 is 0.588 bits per heavy atom. The summed E-state index contributed by atoms with van der Waals surface area (Å²) >= 11 is 0. The van der Waals surface area contributed by atoms with Crippen molar-refractivity contribution >= 4 is 12.2 Å². The van der Waals surface area contributed by atoms with Crippen LogP contribution in [-0.2, 0) is 14.1 Å². The lowest BCUT2D eigenvalue weighted by atomic mass is 9.98. The number of aryl methyl sites for hydroxylation is 4. The van der Waals surface area contributed by atoms with Crippen LogP contribution in [0.4, 0.5) is 17.6 Å². The fraction of sp³-hybridized carbons (Fsp3) is 0.143. The molecule has 6 heteroatoms. The Balaban J connectivity index is 1.90. The Hall–Kier alpha value is -3.80. The van der Waals surface area contributed by atoms with Crippen molar-refractivity contribution in [2.45, 2.75) is 13.8 Å². The van der Waals surface area contributed by atoms with Crippen molar-refractivity contribution in [1.82, 2.24) is 0 Å². The summed E-state index contributed by atoms with van der Waals surface area (Å²) in [5, 5.41) is 0. The predicted octanol–water partition coefficient (Wildman–Crippen LogP) is 6.01. The molecule has 34 heavy (non-hydrogen) atoms. The molecule has 2 heterocycles. The molecule has 0 aliphatic carbocycles. The molecule has 2 aromatic heterocycles. The van der Waals surface area contributed by atoms with E-state index in [0.29, 0.717) is 11.4 Å². The van der Waals surface area contributed by atoms with Crippen molar-refractivity contribution < 1.29 is 26.7 Å². The molecule has 0 aliphatic rings. The summed E-state index contributed by atoms with van der Waals surface area (Å²) in [6.07, 6.45) is 6.63. The van der Waals surface area contributed by atoms with Gasteiger partial charge in [0.1, 0.15) is 37.4 Å². The molecule has 0 N–H and O–H groups in total. The maximum Gasteiger partial charge on any atom is 0.215 e. The molecule has 0 saturated carbocycles. The van der Waals surface area contributed by atoms with E-state index in [4.69, 9.17) is 0 Å². The van der Waals surface area contributed by atoms with Crippen LogP contribution in [0.3, 0.4) is 0 Å². The molecule has 0 radical (unpaired) electrons. The van der Waals surface area contributed by atoms with Gasteiger partial charge < -0.3 is 0 Å². The lowest BCUT2D eigenvalue weighted by molar-refractivity contribution is -0.660. The summed E-state index contributed by atoms with van der Waals surface area (Å²) in [5.41, 5.74) is 3.94. The SMILES string of the molecule is Cc1ccc(-c2c(F)cc(F)cc2/C=C\c2cc(F)cc(F)c2-c2ccc(C)c[n+]2C)[n+](C)c1. The number of hydrogen-bond acceptors (Lipinski definition) is 0. The van der Waals surface area contributed by atoms with Crippen LogP contribution >= 0.6 is 0 Å². The van der Waals surface area contributed by atoms with Crippen molar-refractivity contribution in [2.75, 3.05) is 0 Å². The summed E-state index contributed by atoms with van der Waals surface area (Å²) in [5.74, 6) is -2.94. The zero-order valence-corrected chi connectivity index (χ0v) is 19.3. The van der Waals surface area contributed by atoms with Crippen LogP contribution in [0, 0.1) is 37.1 Å². The number of pyridine rings is 2. The molecule has 0 spiro atoms. The number of halogens is 4. The lowest BCUT2D eigenvalue weighted by Gasteiger charge is -2.09. The van der Waals surface area contributed by atoms with Gasteiger partial charge in [-0.3, -0.25) is 0 Å². The smallest absolute Gasteiger partial charge is 0.207 e. The summed E-state index contributed by atoms with van der Waals surface area (Å²) in [7, 11) is 3.55. The molecule has 0 aliphatic heterocycles. The summed E-state index contributed by atoms with van der Waals surface area (Å²) in [6.45, 7) is 3.83. The van der Waals surface area contributed by atoms with E-state index in [1.54, 1.807) is 35.4 Å². The lowest BCUT2D eigenvalue weighted by Crippen LogP contribution is -2.31. The molecule has 4 rings (SSSR count). The predicted molar refractivity (Wildman–Crippen MR) is 124 cm³/mol. The topological polar surface area (TPSA) is 7.76 Å². The van der Waals surface area contributed by atoms with Crippen LogP contribution in [0.2, 0.25) is 0 Å². The molecule has 0 bridgehead atoms. The first-order valence-electron chi connectivity index (χ1n) is 10.7. The highest BCUT2D eigenvalue weighted by molar-refractivity contribution is 5.83. The zero-order chi connectivity index (χ0) is 24.6. The Morgan fingerprint density at radius 2 is 0.971 bits per heavy atom. The molecule has 2 nitrogen and oxygen atoms in total. The number of rotatable bonds is 4. The van der Waals surface area contributed by atoms with E-state index < -0.39 is 23.3 Å². The van der Waals surface area contributed by atoms with Crippen molar-refractivity contribution in [3.05, 3.63) is 106 Å². The van der Waals surface area contributed by atoms with Gasteiger partial charge in [0.2, 0.25) is 11.4 Å². The van der Waals surface area contributed by atoms with E-state index in [1.807, 2.05) is 38.4 Å². The van der Waals surface area contributed by atoms with Crippen molar-refractivity contribution in [1.29, 1.82) is 0 Å². The van der Waals surface area contributed by atoms with E-state index in [9.17, 15) is 17.6 Å². The van der Waals surface area contributed by atoms with Crippen molar-refractivity contribution in [3.8, 4) is 22.5 Å². The van der Waals surface area contributed by atoms with E-state index in [0.717, 1.165) is 23.3 Å². The summed E-state index contributed by atoms with van der Waals surface area (Å²) in [6, 6.07) is 11.2. The number of benzene rings is 2. The molecule has 0 unspecified atom stereocenters. The van der Waals surface area contributed by atoms with Gasteiger partial charge in [-0.15, -0.1) is 0 Å². The van der Waals surface area contributed by atoms with E-state index in [1.165, 1.54) is 24.3 Å². The second-order valence-electron chi connectivity index (χ2n) is 8.44. The van der Waals surface area contributed by atoms with Gasteiger partial charge in [-0.25, -0.2) is 26.7 Å². The van der Waals surface area contributed by atoms with Crippen LogP contribution < -0.4 is 9.13 Å². The largest absolute Gasteiger partial charge is 0.215 e. The number of aromatic nitrogens is 2. The standard InChI is InChI=1S/C28H24F4N2/c1-17-5-9-25(33(3)15-17)27-19(11-21(29)13-23(27)31)7-8-20-12-22(30)14-24(32)28(20)26-10-6-18(2)16-34(26)4/h5-16H,1-4H3/q+2/b8-7-. The highest BCUT2D eigenvalue weighted by Gasteiger charge is 2.22. The Kier molecular flexibility index (Phi) is 6.33. The van der Waals surface area contributed by atoms with Gasteiger partial charge in [-0.05, 0) is 49.2 Å². The van der Waals surface area contributed by atoms with E-state index in [-0.39, 0.29) is 22.3 Å². The van der Waals surface area contributed by atoms with Crippen LogP contribution in [0.5, 0.6) is 0 Å². The van der Waals surface area contributed by atoms with Crippen LogP contribution in [0.1, 0.15) is 22.3 Å². The number of hydrogen-bond donors (Lipinski definition) is 0. The van der Waals surface area contributed by atoms with Gasteiger partial charge >= 0.3 is 0 Å². The van der Waals surface area contributed by atoms with E-state index >= 15 is 0 Å². The first kappa shape index (κ1) is 23.4. The summed E-state index contributed by atoms with van der Waals surface area (Å²) in [4.78, 5) is 0. The maximum atomic E-state index is 15.0. The molecule has 0 fully saturated rings. The fourth-order valence-corrected chi connectivity index (χ4v) is 4.18. The first-order valence-corrected chi connectivity index (χ1v) is 10.7. The highest BCUT2D eigenvalue weighted by Crippen LogP contribution is 2.31. The monoisotopic (exact) mass is 464 g/mol. The minimum absolute atomic E-state index is 0.194. The van der Waals surface area contributed by atoms with Gasteiger partial charge in [0, 0.05) is 35.4 Å². The molecule has 4 aromatic rings. The molecule has 0 amide bonds. The van der Waals surface area contributed by atoms with Crippen LogP contribution in [0.25, 0.3) is 34.7 Å². The van der Waals surface area contributed by atoms with Crippen LogP contribution in [-0.4, -0.2) is 0 Å². The molecule has 0 atom stereocenters. The minimum atomic E-state index is -0.744. The van der Waals surface area contributed by atoms with Gasteiger partial charge in [0.05, 0.1) is 11.1 Å². The molecule has 0 saturated heterocycles. The molecular weight excluding hydrogens is 440 g/mol. The summed E-state index contributed by atoms with van der Waals surface area (Å²) < 4.78 is 61.8. The van der Waals surface area contributed by atoms with Crippen molar-refractivity contribution in [2.24, 2.45) is 14.1 Å². The molecule has 172 valence electrons. The first-order chi connectivity index (χ1) is 16.1. The van der Waals surface area contributed by atoms with Gasteiger partial charge in [0.25, 0.3) is 0 Å². The normalized spacial score (nSPS) is 11.4. The Bertz CT molecular complexity index is 1330. The third-order valence-corrected chi connectivity index (χ3v) is 5.69. The third kappa shape index (κ3) is 4.62. The average molecular weight is 465 g/mol. The molecular formula is C28H24F4N2+2. The van der Waals surface area contributed by atoms with Gasteiger partial charge in [0.15, 0.2) is 12.4 Å². The Morgan fingerprint density at radius 3 is 1.32 bits per heavy atom. The van der Waals surface area contributed by atoms with Gasteiger partial charge in [-0.2, -0.15) is 0 Å². The maximum absolute atomic E-state index is 15.0. The fourth-order valence-electron chi connectivity index (χ4n) is 4.18. The van der Waals surface area contributed by atoms with Crippen molar-refractivity contribution in [3.63, 3.8) is 0 Å². The van der Waals surface area contributed by atoms with Crippen LogP contribution in [0.15, 0.2) is 60.9 Å². The second-order valence-corrected chi connectivity index (χ2v) is 8.44. The second kappa shape index (κ2) is 9.21. The minimum Gasteiger partial charge on any atom is -0.207 e. The average Bonchev–Trinajstić information content (AvgIpc) is 2.73. The zero-order valence-electron chi connectivity index (χ0n) is 19.3. The van der Waals surface area contributed by atoms with Gasteiger partial charge in [-0.1, -0.05) is 12.2 Å².